The summed E-state index contributed by atoms with van der Waals surface area (Å²) in [5, 5.41) is 3.02. The molecule has 2 aromatic carbocycles. The SMILES string of the molecule is Cc1ccc(C(=O)NC(C)c2ccc(N3CCC(C)CC3)cc2)cc1N(C)S(C)(=O)=O. The minimum Gasteiger partial charge on any atom is -0.372 e. The first-order chi connectivity index (χ1) is 14.6. The topological polar surface area (TPSA) is 69.7 Å². The fourth-order valence-corrected chi connectivity index (χ4v) is 4.43. The van der Waals surface area contributed by atoms with E-state index in [0.717, 1.165) is 36.4 Å². The molecule has 1 amide bonds. The van der Waals surface area contributed by atoms with Gasteiger partial charge in [-0.25, -0.2) is 8.42 Å². The molecule has 6 nitrogen and oxygen atoms in total. The number of benzene rings is 2. The molecule has 1 atom stereocenters. The molecule has 1 aliphatic rings. The minimum absolute atomic E-state index is 0.166. The van der Waals surface area contributed by atoms with Gasteiger partial charge in [-0.15, -0.1) is 0 Å². The Bertz CT molecular complexity index is 1030. The van der Waals surface area contributed by atoms with Crippen LogP contribution < -0.4 is 14.5 Å². The summed E-state index contributed by atoms with van der Waals surface area (Å²) in [5.41, 5.74) is 3.98. The Hall–Kier alpha value is -2.54. The highest BCUT2D eigenvalue weighted by Gasteiger charge is 2.19. The van der Waals surface area contributed by atoms with Crippen molar-refractivity contribution in [2.45, 2.75) is 39.7 Å². The van der Waals surface area contributed by atoms with Gasteiger partial charge in [-0.1, -0.05) is 25.1 Å². The third kappa shape index (κ3) is 5.58. The van der Waals surface area contributed by atoms with Gasteiger partial charge in [0, 0.05) is 31.4 Å². The van der Waals surface area contributed by atoms with Crippen LogP contribution in [0.3, 0.4) is 0 Å². The average Bonchev–Trinajstić information content (AvgIpc) is 2.73. The zero-order valence-electron chi connectivity index (χ0n) is 19.1. The first-order valence-electron chi connectivity index (χ1n) is 10.8. The van der Waals surface area contributed by atoms with Crippen molar-refractivity contribution >= 4 is 27.3 Å². The molecule has 0 saturated carbocycles. The maximum absolute atomic E-state index is 12.8. The van der Waals surface area contributed by atoms with Crippen molar-refractivity contribution in [1.82, 2.24) is 5.32 Å². The zero-order valence-corrected chi connectivity index (χ0v) is 19.9. The summed E-state index contributed by atoms with van der Waals surface area (Å²) in [6, 6.07) is 13.3. The summed E-state index contributed by atoms with van der Waals surface area (Å²) in [6.07, 6.45) is 3.60. The number of hydrogen-bond acceptors (Lipinski definition) is 4. The van der Waals surface area contributed by atoms with E-state index in [1.54, 1.807) is 18.2 Å². The number of hydrogen-bond donors (Lipinski definition) is 1. The first-order valence-corrected chi connectivity index (χ1v) is 12.6. The van der Waals surface area contributed by atoms with Gasteiger partial charge >= 0.3 is 0 Å². The summed E-state index contributed by atoms with van der Waals surface area (Å²) in [4.78, 5) is 15.2. The van der Waals surface area contributed by atoms with Crippen LogP contribution in [0.2, 0.25) is 0 Å². The second-order valence-corrected chi connectivity index (χ2v) is 10.7. The predicted octanol–water partition coefficient (Wildman–Crippen LogP) is 4.12. The van der Waals surface area contributed by atoms with Crippen LogP contribution in [0, 0.1) is 12.8 Å². The van der Waals surface area contributed by atoms with Gasteiger partial charge in [0.25, 0.3) is 5.91 Å². The number of aryl methyl sites for hydroxylation is 1. The molecule has 0 radical (unpaired) electrons. The van der Waals surface area contributed by atoms with Crippen LogP contribution in [0.4, 0.5) is 11.4 Å². The van der Waals surface area contributed by atoms with Crippen molar-refractivity contribution in [1.29, 1.82) is 0 Å². The van der Waals surface area contributed by atoms with E-state index in [0.29, 0.717) is 11.3 Å². The van der Waals surface area contributed by atoms with E-state index in [1.807, 2.05) is 13.8 Å². The van der Waals surface area contributed by atoms with Gasteiger partial charge < -0.3 is 10.2 Å². The van der Waals surface area contributed by atoms with E-state index in [-0.39, 0.29) is 11.9 Å². The molecular weight excluding hydrogens is 410 g/mol. The average molecular weight is 444 g/mol. The van der Waals surface area contributed by atoms with Crippen molar-refractivity contribution in [2.75, 3.05) is 35.6 Å². The summed E-state index contributed by atoms with van der Waals surface area (Å²) < 4.78 is 25.0. The Labute approximate surface area is 186 Å². The molecule has 0 spiro atoms. The predicted molar refractivity (Wildman–Crippen MR) is 127 cm³/mol. The molecule has 3 rings (SSSR count). The highest BCUT2D eigenvalue weighted by Crippen LogP contribution is 2.26. The van der Waals surface area contributed by atoms with Crippen LogP contribution >= 0.6 is 0 Å². The number of nitrogens with one attached hydrogen (secondary N) is 1. The van der Waals surface area contributed by atoms with Crippen molar-refractivity contribution in [2.24, 2.45) is 5.92 Å². The lowest BCUT2D eigenvalue weighted by atomic mass is 9.98. The summed E-state index contributed by atoms with van der Waals surface area (Å²) >= 11 is 0. The molecule has 0 bridgehead atoms. The van der Waals surface area contributed by atoms with E-state index in [9.17, 15) is 13.2 Å². The largest absolute Gasteiger partial charge is 0.372 e. The molecular formula is C24H33N3O3S. The van der Waals surface area contributed by atoms with Crippen LogP contribution in [-0.2, 0) is 10.0 Å². The Kier molecular flexibility index (Phi) is 6.94. The minimum atomic E-state index is -3.41. The summed E-state index contributed by atoms with van der Waals surface area (Å²) in [5.74, 6) is 0.565. The smallest absolute Gasteiger partial charge is 0.251 e. The van der Waals surface area contributed by atoms with Gasteiger partial charge in [0.05, 0.1) is 18.0 Å². The number of piperidine rings is 1. The van der Waals surface area contributed by atoms with Gasteiger partial charge in [0.2, 0.25) is 10.0 Å². The van der Waals surface area contributed by atoms with E-state index < -0.39 is 10.0 Å². The number of carbonyl (C=O) groups is 1. The molecule has 7 heteroatoms. The normalized spacial score (nSPS) is 16.1. The second-order valence-electron chi connectivity index (χ2n) is 8.69. The Morgan fingerprint density at radius 3 is 2.32 bits per heavy atom. The van der Waals surface area contributed by atoms with Crippen molar-refractivity contribution < 1.29 is 13.2 Å². The Morgan fingerprint density at radius 1 is 1.13 bits per heavy atom. The third-order valence-electron chi connectivity index (χ3n) is 6.20. The van der Waals surface area contributed by atoms with Crippen molar-refractivity contribution in [3.05, 3.63) is 59.2 Å². The lowest BCUT2D eigenvalue weighted by Gasteiger charge is -2.32. The van der Waals surface area contributed by atoms with Crippen LogP contribution in [0.1, 0.15) is 54.2 Å². The van der Waals surface area contributed by atoms with Gasteiger partial charge in [-0.2, -0.15) is 0 Å². The number of rotatable bonds is 6. The maximum atomic E-state index is 12.8. The molecule has 0 aromatic heterocycles. The van der Waals surface area contributed by atoms with Crippen LogP contribution in [0.5, 0.6) is 0 Å². The fraction of sp³-hybridized carbons (Fsp3) is 0.458. The maximum Gasteiger partial charge on any atom is 0.251 e. The summed E-state index contributed by atoms with van der Waals surface area (Å²) in [6.45, 7) is 8.26. The first kappa shape index (κ1) is 23.1. The number of amides is 1. The van der Waals surface area contributed by atoms with Gasteiger partial charge in [-0.05, 0) is 68.0 Å². The Balaban J connectivity index is 1.69. The number of carbonyl (C=O) groups excluding carboxylic acids is 1. The number of anilines is 2. The van der Waals surface area contributed by atoms with E-state index in [2.05, 4.69) is 41.4 Å². The number of sulfonamides is 1. The monoisotopic (exact) mass is 443 g/mol. The van der Waals surface area contributed by atoms with E-state index >= 15 is 0 Å². The fourth-order valence-electron chi connectivity index (χ4n) is 3.87. The van der Waals surface area contributed by atoms with E-state index in [1.165, 1.54) is 29.9 Å². The molecule has 1 N–H and O–H groups in total. The molecule has 0 aliphatic carbocycles. The standard InChI is InChI=1S/C24H33N3O3S/c1-17-12-14-27(15-13-17)22-10-8-20(9-11-22)19(3)25-24(28)21-7-6-18(2)23(16-21)26(4)31(5,29)30/h6-11,16-17,19H,12-15H2,1-5H3,(H,25,28). The zero-order chi connectivity index (χ0) is 22.8. The lowest BCUT2D eigenvalue weighted by Crippen LogP contribution is -2.32. The molecule has 168 valence electrons. The van der Waals surface area contributed by atoms with Crippen LogP contribution in [-0.4, -0.2) is 40.7 Å². The van der Waals surface area contributed by atoms with Gasteiger partial charge in [0.1, 0.15) is 0 Å². The molecule has 1 unspecified atom stereocenters. The molecule has 1 heterocycles. The third-order valence-corrected chi connectivity index (χ3v) is 7.39. The van der Waals surface area contributed by atoms with Crippen molar-refractivity contribution in [3.8, 4) is 0 Å². The van der Waals surface area contributed by atoms with Crippen molar-refractivity contribution in [3.63, 3.8) is 0 Å². The highest BCUT2D eigenvalue weighted by molar-refractivity contribution is 7.92. The molecule has 31 heavy (non-hydrogen) atoms. The van der Waals surface area contributed by atoms with E-state index in [4.69, 9.17) is 0 Å². The number of nitrogens with zero attached hydrogens (tertiary/aromatic N) is 2. The molecule has 1 fully saturated rings. The van der Waals surface area contributed by atoms with Gasteiger partial charge in [0.15, 0.2) is 0 Å². The quantitative estimate of drug-likeness (QED) is 0.729. The van der Waals surface area contributed by atoms with Crippen LogP contribution in [0.15, 0.2) is 42.5 Å². The molecule has 1 saturated heterocycles. The summed E-state index contributed by atoms with van der Waals surface area (Å²) in [7, 11) is -1.91. The van der Waals surface area contributed by atoms with Gasteiger partial charge in [-0.3, -0.25) is 9.10 Å². The second kappa shape index (κ2) is 9.30. The highest BCUT2D eigenvalue weighted by atomic mass is 32.2. The molecule has 1 aliphatic heterocycles. The molecule has 2 aromatic rings. The Morgan fingerprint density at radius 2 is 1.74 bits per heavy atom. The lowest BCUT2D eigenvalue weighted by molar-refractivity contribution is 0.0940. The van der Waals surface area contributed by atoms with Crippen LogP contribution in [0.25, 0.3) is 0 Å².